The Kier molecular flexibility index (Phi) is 6.35. The zero-order chi connectivity index (χ0) is 14.3. The third kappa shape index (κ3) is 4.55. The smallest absolute Gasteiger partial charge is 0.273 e. The van der Waals surface area contributed by atoms with E-state index >= 15 is 0 Å². The van der Waals surface area contributed by atoms with Gasteiger partial charge >= 0.3 is 0 Å². The number of carbonyl (C=O) groups is 1. The van der Waals surface area contributed by atoms with Crippen LogP contribution in [-0.4, -0.2) is 29.5 Å². The number of anilines is 2. The maximum atomic E-state index is 11.5. The summed E-state index contributed by atoms with van der Waals surface area (Å²) in [4.78, 5) is 19.5. The third-order valence-corrected chi connectivity index (χ3v) is 2.91. The van der Waals surface area contributed by atoms with Crippen molar-refractivity contribution >= 4 is 29.1 Å². The first-order valence-corrected chi connectivity index (χ1v) is 6.76. The molecule has 0 unspecified atom stereocenters. The fourth-order valence-electron chi connectivity index (χ4n) is 1.58. The largest absolute Gasteiger partial charge is 0.382 e. The van der Waals surface area contributed by atoms with Crippen molar-refractivity contribution in [1.29, 1.82) is 0 Å². The van der Waals surface area contributed by atoms with Gasteiger partial charge in [0, 0.05) is 13.6 Å². The molecule has 0 atom stereocenters. The van der Waals surface area contributed by atoms with E-state index in [1.807, 2.05) is 0 Å². The van der Waals surface area contributed by atoms with Crippen molar-refractivity contribution < 1.29 is 4.79 Å². The second-order valence-corrected chi connectivity index (χ2v) is 4.52. The minimum Gasteiger partial charge on any atom is -0.382 e. The molecule has 0 radical (unpaired) electrons. The van der Waals surface area contributed by atoms with Crippen molar-refractivity contribution in [3.8, 4) is 0 Å². The summed E-state index contributed by atoms with van der Waals surface area (Å²) in [6, 6.07) is 0. The summed E-state index contributed by atoms with van der Waals surface area (Å²) in [6.45, 7) is 2.92. The Morgan fingerprint density at radius 1 is 1.32 bits per heavy atom. The van der Waals surface area contributed by atoms with E-state index in [1.165, 1.54) is 19.9 Å². The first-order chi connectivity index (χ1) is 9.10. The van der Waals surface area contributed by atoms with Crippen LogP contribution in [0.25, 0.3) is 0 Å². The van der Waals surface area contributed by atoms with Gasteiger partial charge in [0.25, 0.3) is 5.91 Å². The van der Waals surface area contributed by atoms with Crippen LogP contribution in [0.1, 0.15) is 43.1 Å². The van der Waals surface area contributed by atoms with Gasteiger partial charge in [0.05, 0.1) is 0 Å². The van der Waals surface area contributed by atoms with Gasteiger partial charge in [-0.05, 0) is 6.42 Å². The first-order valence-electron chi connectivity index (χ1n) is 6.39. The van der Waals surface area contributed by atoms with Crippen LogP contribution in [0.5, 0.6) is 0 Å². The van der Waals surface area contributed by atoms with Gasteiger partial charge < -0.3 is 16.4 Å². The first kappa shape index (κ1) is 15.5. The molecule has 0 fully saturated rings. The lowest BCUT2D eigenvalue weighted by Gasteiger charge is -2.09. The standard InChI is InChI=1S/C12H20ClN5O/c1-3-4-5-6-7-16-11-9(13)17-8(10(14)18-11)12(19)15-2/h3-7H2,1-2H3,(H,15,19)(H3,14,16,18). The molecule has 1 amide bonds. The minimum atomic E-state index is -0.401. The molecule has 1 aromatic heterocycles. The number of nitrogens with zero attached hydrogens (tertiary/aromatic N) is 2. The number of hydrogen-bond donors (Lipinski definition) is 3. The average molecular weight is 286 g/mol. The van der Waals surface area contributed by atoms with Gasteiger partial charge in [0.2, 0.25) is 0 Å². The molecule has 1 heterocycles. The second-order valence-electron chi connectivity index (χ2n) is 4.16. The van der Waals surface area contributed by atoms with E-state index in [9.17, 15) is 4.79 Å². The maximum absolute atomic E-state index is 11.5. The lowest BCUT2D eigenvalue weighted by atomic mass is 10.2. The van der Waals surface area contributed by atoms with Crippen molar-refractivity contribution in [2.24, 2.45) is 0 Å². The Morgan fingerprint density at radius 3 is 2.68 bits per heavy atom. The molecule has 1 rings (SSSR count). The van der Waals surface area contributed by atoms with Gasteiger partial charge in [0.15, 0.2) is 22.5 Å². The molecule has 1 aromatic rings. The van der Waals surface area contributed by atoms with E-state index in [1.54, 1.807) is 0 Å². The van der Waals surface area contributed by atoms with E-state index in [0.29, 0.717) is 5.82 Å². The third-order valence-electron chi connectivity index (χ3n) is 2.65. The number of nitrogens with two attached hydrogens (primary N) is 1. The Hall–Kier alpha value is -1.56. The molecule has 7 heteroatoms. The highest BCUT2D eigenvalue weighted by molar-refractivity contribution is 6.32. The summed E-state index contributed by atoms with van der Waals surface area (Å²) in [7, 11) is 1.50. The summed E-state index contributed by atoms with van der Waals surface area (Å²) in [5.41, 5.74) is 5.73. The number of nitrogen functional groups attached to an aromatic ring is 1. The number of amides is 1. The molecule has 0 aliphatic rings. The van der Waals surface area contributed by atoms with Crippen molar-refractivity contribution in [2.45, 2.75) is 32.6 Å². The van der Waals surface area contributed by atoms with Crippen molar-refractivity contribution in [3.05, 3.63) is 10.8 Å². The van der Waals surface area contributed by atoms with E-state index in [4.69, 9.17) is 17.3 Å². The summed E-state index contributed by atoms with van der Waals surface area (Å²) >= 11 is 5.97. The molecule has 0 spiro atoms. The molecule has 4 N–H and O–H groups in total. The molecule has 19 heavy (non-hydrogen) atoms. The summed E-state index contributed by atoms with van der Waals surface area (Å²) in [5.74, 6) is 0.0875. The average Bonchev–Trinajstić information content (AvgIpc) is 2.41. The number of rotatable bonds is 7. The highest BCUT2D eigenvalue weighted by atomic mass is 35.5. The fourth-order valence-corrected chi connectivity index (χ4v) is 1.78. The lowest BCUT2D eigenvalue weighted by Crippen LogP contribution is -2.22. The number of carbonyl (C=O) groups excluding carboxylic acids is 1. The van der Waals surface area contributed by atoms with Crippen molar-refractivity contribution in [1.82, 2.24) is 15.3 Å². The van der Waals surface area contributed by atoms with Gasteiger partial charge in [-0.25, -0.2) is 9.97 Å². The quantitative estimate of drug-likeness (QED) is 0.667. The van der Waals surface area contributed by atoms with Crippen molar-refractivity contribution in [3.63, 3.8) is 0 Å². The summed E-state index contributed by atoms with van der Waals surface area (Å²) in [6.07, 6.45) is 4.58. The van der Waals surface area contributed by atoms with Gasteiger partial charge in [-0.3, -0.25) is 4.79 Å². The van der Waals surface area contributed by atoms with Crippen LogP contribution in [0.4, 0.5) is 11.6 Å². The van der Waals surface area contributed by atoms with E-state index in [2.05, 4.69) is 27.5 Å². The van der Waals surface area contributed by atoms with E-state index < -0.39 is 5.91 Å². The molecule has 6 nitrogen and oxygen atoms in total. The van der Waals surface area contributed by atoms with Crippen LogP contribution in [0.2, 0.25) is 5.15 Å². The highest BCUT2D eigenvalue weighted by Crippen LogP contribution is 2.20. The van der Waals surface area contributed by atoms with Crippen LogP contribution in [-0.2, 0) is 0 Å². The Labute approximate surface area is 118 Å². The van der Waals surface area contributed by atoms with Crippen LogP contribution >= 0.6 is 11.6 Å². The van der Waals surface area contributed by atoms with Gasteiger partial charge in [0.1, 0.15) is 0 Å². The van der Waals surface area contributed by atoms with Gasteiger partial charge in [-0.1, -0.05) is 37.8 Å². The Morgan fingerprint density at radius 2 is 2.05 bits per heavy atom. The summed E-state index contributed by atoms with van der Waals surface area (Å²) < 4.78 is 0. The van der Waals surface area contributed by atoms with Crippen LogP contribution < -0.4 is 16.4 Å². The Balaban J connectivity index is 2.65. The molecule has 0 saturated carbocycles. The molecule has 0 aromatic carbocycles. The van der Waals surface area contributed by atoms with Crippen LogP contribution in [0.3, 0.4) is 0 Å². The summed E-state index contributed by atoms with van der Waals surface area (Å²) in [5, 5.41) is 5.67. The molecular weight excluding hydrogens is 266 g/mol. The van der Waals surface area contributed by atoms with E-state index in [-0.39, 0.29) is 16.7 Å². The number of nitrogens with one attached hydrogen (secondary N) is 2. The topological polar surface area (TPSA) is 92.9 Å². The minimum absolute atomic E-state index is 0.0454. The predicted molar refractivity (Wildman–Crippen MR) is 77.5 cm³/mol. The zero-order valence-corrected chi connectivity index (χ0v) is 12.0. The van der Waals surface area contributed by atoms with E-state index in [0.717, 1.165) is 19.4 Å². The maximum Gasteiger partial charge on any atom is 0.273 e. The molecule has 0 aliphatic heterocycles. The zero-order valence-electron chi connectivity index (χ0n) is 11.3. The number of hydrogen-bond acceptors (Lipinski definition) is 5. The van der Waals surface area contributed by atoms with Crippen LogP contribution in [0.15, 0.2) is 0 Å². The molecule has 0 saturated heterocycles. The number of aromatic nitrogens is 2. The normalized spacial score (nSPS) is 10.3. The molecule has 0 bridgehead atoms. The predicted octanol–water partition coefficient (Wildman–Crippen LogP) is 2.06. The fraction of sp³-hybridized carbons (Fsp3) is 0.583. The molecule has 0 aliphatic carbocycles. The molecular formula is C12H20ClN5O. The second kappa shape index (κ2) is 7.78. The number of halogens is 1. The number of unbranched alkanes of at least 4 members (excludes halogenated alkanes) is 3. The molecule has 106 valence electrons. The highest BCUT2D eigenvalue weighted by Gasteiger charge is 2.15. The lowest BCUT2D eigenvalue weighted by molar-refractivity contribution is 0.0959. The monoisotopic (exact) mass is 285 g/mol. The van der Waals surface area contributed by atoms with Crippen molar-refractivity contribution in [2.75, 3.05) is 24.6 Å². The SMILES string of the molecule is CCCCCCNc1nc(N)c(C(=O)NC)nc1Cl. The Bertz CT molecular complexity index is 438. The van der Waals surface area contributed by atoms with Gasteiger partial charge in [-0.15, -0.1) is 0 Å². The van der Waals surface area contributed by atoms with Crippen LogP contribution in [0, 0.1) is 0 Å². The van der Waals surface area contributed by atoms with Gasteiger partial charge in [-0.2, -0.15) is 0 Å².